The largest absolute Gasteiger partial charge is 0.497 e. The van der Waals surface area contributed by atoms with Crippen LogP contribution in [-0.4, -0.2) is 26.3 Å². The molecule has 1 saturated carbocycles. The van der Waals surface area contributed by atoms with Gasteiger partial charge < -0.3 is 18.9 Å². The van der Waals surface area contributed by atoms with E-state index in [0.717, 1.165) is 35.5 Å². The molecule has 2 unspecified atom stereocenters. The zero-order valence-electron chi connectivity index (χ0n) is 14.2. The minimum absolute atomic E-state index is 0.0309. The number of benzene rings is 2. The van der Waals surface area contributed by atoms with Crippen molar-refractivity contribution >= 4 is 5.97 Å². The Bertz CT molecular complexity index is 764. The van der Waals surface area contributed by atoms with Crippen molar-refractivity contribution in [3.63, 3.8) is 0 Å². The molecule has 130 valence electrons. The number of rotatable bonds is 6. The molecule has 0 aromatic heterocycles. The minimum atomic E-state index is -1.08. The van der Waals surface area contributed by atoms with Gasteiger partial charge in [0, 0.05) is 0 Å². The third-order valence-corrected chi connectivity index (χ3v) is 4.65. The molecular formula is C20H20O5. The second-order valence-electron chi connectivity index (χ2n) is 6.34. The molecule has 5 heteroatoms. The van der Waals surface area contributed by atoms with E-state index in [9.17, 15) is 4.79 Å². The summed E-state index contributed by atoms with van der Waals surface area (Å²) in [5, 5.41) is 0. The normalized spacial score (nSPS) is 24.5. The number of carbonyl (C=O) groups excluding carboxylic acids is 1. The van der Waals surface area contributed by atoms with Crippen molar-refractivity contribution < 1.29 is 23.7 Å². The van der Waals surface area contributed by atoms with Crippen molar-refractivity contribution in [1.82, 2.24) is 0 Å². The molecule has 4 rings (SSSR count). The van der Waals surface area contributed by atoms with Crippen molar-refractivity contribution in [2.45, 2.75) is 30.7 Å². The third kappa shape index (κ3) is 2.85. The molecule has 1 saturated heterocycles. The Morgan fingerprint density at radius 1 is 0.960 bits per heavy atom. The Morgan fingerprint density at radius 3 is 2.04 bits per heavy atom. The van der Waals surface area contributed by atoms with Crippen LogP contribution in [0.5, 0.6) is 11.5 Å². The maximum Gasteiger partial charge on any atom is 0.346 e. The molecular weight excluding hydrogens is 320 g/mol. The standard InChI is InChI=1S/C20H20O5/c1-22-15-7-3-13(4-8-15)18-20(25-18,19(21)24-17-11-12-17)14-5-9-16(23-2)10-6-14/h3-10,17-18H,11-12H2,1-2H3. The van der Waals surface area contributed by atoms with Crippen molar-refractivity contribution in [2.75, 3.05) is 14.2 Å². The van der Waals surface area contributed by atoms with Gasteiger partial charge in [-0.25, -0.2) is 4.79 Å². The third-order valence-electron chi connectivity index (χ3n) is 4.65. The summed E-state index contributed by atoms with van der Waals surface area (Å²) in [5.74, 6) is 1.18. The molecule has 1 aliphatic carbocycles. The van der Waals surface area contributed by atoms with E-state index in [2.05, 4.69) is 0 Å². The van der Waals surface area contributed by atoms with Crippen LogP contribution in [0.1, 0.15) is 30.1 Å². The molecule has 0 bridgehead atoms. The van der Waals surface area contributed by atoms with E-state index in [-0.39, 0.29) is 18.2 Å². The van der Waals surface area contributed by atoms with Gasteiger partial charge in [-0.15, -0.1) is 0 Å². The zero-order chi connectivity index (χ0) is 17.4. The average molecular weight is 340 g/mol. The number of epoxide rings is 1. The maximum absolute atomic E-state index is 12.8. The number of esters is 1. The summed E-state index contributed by atoms with van der Waals surface area (Å²) in [6.45, 7) is 0. The molecule has 1 aliphatic heterocycles. The highest BCUT2D eigenvalue weighted by atomic mass is 16.7. The Hall–Kier alpha value is -2.53. The SMILES string of the molecule is COc1ccc(C2OC2(C(=O)OC2CC2)c2ccc(OC)cc2)cc1. The summed E-state index contributed by atoms with van der Waals surface area (Å²) in [4.78, 5) is 12.8. The second kappa shape index (κ2) is 6.08. The molecule has 0 radical (unpaired) electrons. The van der Waals surface area contributed by atoms with Crippen LogP contribution < -0.4 is 9.47 Å². The Balaban J connectivity index is 1.65. The molecule has 5 nitrogen and oxygen atoms in total. The molecule has 2 aromatic rings. The first-order valence-electron chi connectivity index (χ1n) is 8.35. The summed E-state index contributed by atoms with van der Waals surface area (Å²) in [7, 11) is 3.23. The second-order valence-corrected chi connectivity index (χ2v) is 6.34. The van der Waals surface area contributed by atoms with Crippen LogP contribution >= 0.6 is 0 Å². The highest BCUT2D eigenvalue weighted by molar-refractivity contribution is 5.86. The fourth-order valence-corrected chi connectivity index (χ4v) is 2.99. The van der Waals surface area contributed by atoms with Gasteiger partial charge in [0.15, 0.2) is 0 Å². The molecule has 2 fully saturated rings. The molecule has 0 N–H and O–H groups in total. The van der Waals surface area contributed by atoms with E-state index >= 15 is 0 Å². The first-order valence-corrected chi connectivity index (χ1v) is 8.35. The lowest BCUT2D eigenvalue weighted by Crippen LogP contribution is -2.26. The predicted molar refractivity (Wildman–Crippen MR) is 90.6 cm³/mol. The van der Waals surface area contributed by atoms with Gasteiger partial charge in [0.25, 0.3) is 0 Å². The van der Waals surface area contributed by atoms with Crippen LogP contribution in [0, 0.1) is 0 Å². The molecule has 2 aromatic carbocycles. The van der Waals surface area contributed by atoms with E-state index in [0.29, 0.717) is 0 Å². The minimum Gasteiger partial charge on any atom is -0.497 e. The lowest BCUT2D eigenvalue weighted by atomic mass is 9.91. The van der Waals surface area contributed by atoms with E-state index in [4.69, 9.17) is 18.9 Å². The van der Waals surface area contributed by atoms with Crippen molar-refractivity contribution in [3.8, 4) is 11.5 Å². The van der Waals surface area contributed by atoms with Crippen LogP contribution in [0.15, 0.2) is 48.5 Å². The van der Waals surface area contributed by atoms with Gasteiger partial charge in [0.05, 0.1) is 14.2 Å². The topological polar surface area (TPSA) is 57.3 Å². The van der Waals surface area contributed by atoms with Crippen LogP contribution in [0.2, 0.25) is 0 Å². The number of hydrogen-bond acceptors (Lipinski definition) is 5. The summed E-state index contributed by atoms with van der Waals surface area (Å²) >= 11 is 0. The smallest absolute Gasteiger partial charge is 0.346 e. The summed E-state index contributed by atoms with van der Waals surface area (Å²) in [5.41, 5.74) is 0.618. The maximum atomic E-state index is 12.8. The van der Waals surface area contributed by atoms with Gasteiger partial charge in [-0.1, -0.05) is 24.3 Å². The summed E-state index contributed by atoms with van der Waals surface area (Å²) < 4.78 is 21.9. The van der Waals surface area contributed by atoms with Crippen LogP contribution in [0.25, 0.3) is 0 Å². The average Bonchev–Trinajstić information content (AvgIpc) is 3.57. The highest BCUT2D eigenvalue weighted by Crippen LogP contribution is 2.58. The van der Waals surface area contributed by atoms with E-state index in [1.165, 1.54) is 0 Å². The summed E-state index contributed by atoms with van der Waals surface area (Å²) in [6.07, 6.45) is 1.52. The van der Waals surface area contributed by atoms with Gasteiger partial charge in [-0.2, -0.15) is 0 Å². The van der Waals surface area contributed by atoms with E-state index in [1.54, 1.807) is 14.2 Å². The van der Waals surface area contributed by atoms with Crippen molar-refractivity contribution in [2.24, 2.45) is 0 Å². The Morgan fingerprint density at radius 2 is 1.52 bits per heavy atom. The van der Waals surface area contributed by atoms with E-state index < -0.39 is 5.60 Å². The van der Waals surface area contributed by atoms with Crippen LogP contribution in [0.3, 0.4) is 0 Å². The predicted octanol–water partition coefficient (Wildman–Crippen LogP) is 3.38. The molecule has 2 aliphatic rings. The monoisotopic (exact) mass is 340 g/mol. The van der Waals surface area contributed by atoms with Gasteiger partial charge in [0.1, 0.15) is 23.7 Å². The van der Waals surface area contributed by atoms with Crippen LogP contribution in [-0.2, 0) is 19.9 Å². The molecule has 2 atom stereocenters. The van der Waals surface area contributed by atoms with Gasteiger partial charge in [-0.3, -0.25) is 0 Å². The molecule has 0 amide bonds. The van der Waals surface area contributed by atoms with E-state index in [1.807, 2.05) is 48.5 Å². The van der Waals surface area contributed by atoms with Crippen molar-refractivity contribution in [3.05, 3.63) is 59.7 Å². The number of methoxy groups -OCH3 is 2. The zero-order valence-corrected chi connectivity index (χ0v) is 14.2. The molecule has 1 heterocycles. The Kier molecular flexibility index (Phi) is 3.88. The quantitative estimate of drug-likeness (QED) is 0.596. The van der Waals surface area contributed by atoms with Gasteiger partial charge in [-0.05, 0) is 48.2 Å². The Labute approximate surface area is 146 Å². The van der Waals surface area contributed by atoms with Gasteiger partial charge >= 0.3 is 5.97 Å². The summed E-state index contributed by atoms with van der Waals surface area (Å²) in [6, 6.07) is 14.9. The lowest BCUT2D eigenvalue weighted by molar-refractivity contribution is -0.151. The lowest BCUT2D eigenvalue weighted by Gasteiger charge is -2.14. The first-order chi connectivity index (χ1) is 12.2. The number of ether oxygens (including phenoxy) is 4. The number of carbonyl (C=O) groups is 1. The number of hydrogen-bond donors (Lipinski definition) is 0. The van der Waals surface area contributed by atoms with Crippen molar-refractivity contribution in [1.29, 1.82) is 0 Å². The fourth-order valence-electron chi connectivity index (χ4n) is 2.99. The highest BCUT2D eigenvalue weighted by Gasteiger charge is 2.66. The van der Waals surface area contributed by atoms with Gasteiger partial charge in [0.2, 0.25) is 5.60 Å². The molecule has 0 spiro atoms. The van der Waals surface area contributed by atoms with Crippen LogP contribution in [0.4, 0.5) is 0 Å². The first kappa shape index (κ1) is 16.0. The fraction of sp³-hybridized carbons (Fsp3) is 0.350. The molecule has 25 heavy (non-hydrogen) atoms.